The lowest BCUT2D eigenvalue weighted by molar-refractivity contribution is -0.116. The molecule has 0 atom stereocenters. The fourth-order valence-corrected chi connectivity index (χ4v) is 4.70. The average Bonchev–Trinajstić information content (AvgIpc) is 2.73. The second-order valence-corrected chi connectivity index (χ2v) is 9.82. The Morgan fingerprint density at radius 1 is 0.903 bits per heavy atom. The largest absolute Gasteiger partial charge is 0.325 e. The van der Waals surface area contributed by atoms with Gasteiger partial charge in [0.05, 0.1) is 11.4 Å². The summed E-state index contributed by atoms with van der Waals surface area (Å²) in [5, 5.41) is 3.29. The monoisotopic (exact) mass is 456 g/mol. The van der Waals surface area contributed by atoms with Gasteiger partial charge in [-0.05, 0) is 73.4 Å². The molecule has 0 heterocycles. The molecule has 3 aromatic rings. The van der Waals surface area contributed by atoms with Crippen molar-refractivity contribution >= 4 is 33.2 Å². The minimum atomic E-state index is -3.92. The van der Waals surface area contributed by atoms with E-state index in [0.29, 0.717) is 10.7 Å². The number of benzene rings is 3. The van der Waals surface area contributed by atoms with Crippen LogP contribution in [0.25, 0.3) is 0 Å². The highest BCUT2D eigenvalue weighted by molar-refractivity contribution is 7.89. The van der Waals surface area contributed by atoms with E-state index in [2.05, 4.69) is 5.32 Å². The average molecular weight is 457 g/mol. The highest BCUT2D eigenvalue weighted by atomic mass is 35.5. The second kappa shape index (κ2) is 9.64. The summed E-state index contributed by atoms with van der Waals surface area (Å²) in [6.45, 7) is 5.56. The van der Waals surface area contributed by atoms with Gasteiger partial charge >= 0.3 is 0 Å². The summed E-state index contributed by atoms with van der Waals surface area (Å²) in [4.78, 5) is 12.9. The van der Waals surface area contributed by atoms with E-state index < -0.39 is 15.9 Å². The number of carbonyl (C=O) groups is 1. The molecule has 0 saturated heterocycles. The summed E-state index contributed by atoms with van der Waals surface area (Å²) in [6, 6.07) is 19.1. The molecule has 0 spiro atoms. The number of aryl methyl sites for hydroxylation is 2. The van der Waals surface area contributed by atoms with Gasteiger partial charge in [-0.15, -0.1) is 0 Å². The molecule has 162 valence electrons. The second-order valence-electron chi connectivity index (χ2n) is 7.45. The first-order chi connectivity index (χ1) is 14.7. The fraction of sp³-hybridized carbons (Fsp3) is 0.208. The van der Waals surface area contributed by atoms with Crippen molar-refractivity contribution in [3.8, 4) is 0 Å². The number of nitrogens with zero attached hydrogens (tertiary/aromatic N) is 1. The Labute approximate surface area is 188 Å². The van der Waals surface area contributed by atoms with E-state index in [4.69, 9.17) is 11.6 Å². The number of sulfonamides is 1. The molecule has 0 radical (unpaired) electrons. The fourth-order valence-electron chi connectivity index (χ4n) is 3.20. The van der Waals surface area contributed by atoms with Gasteiger partial charge in [0, 0.05) is 17.3 Å². The Hall–Kier alpha value is -2.67. The maximum atomic E-state index is 13.4. The number of hydrogen-bond donors (Lipinski definition) is 1. The molecule has 5 nitrogen and oxygen atoms in total. The Balaban J connectivity index is 1.91. The lowest BCUT2D eigenvalue weighted by Gasteiger charge is -2.23. The summed E-state index contributed by atoms with van der Waals surface area (Å²) in [6.07, 6.45) is 0. The Morgan fingerprint density at radius 3 is 2.23 bits per heavy atom. The van der Waals surface area contributed by atoms with Crippen LogP contribution >= 0.6 is 11.6 Å². The molecule has 3 rings (SSSR count). The molecule has 1 amide bonds. The van der Waals surface area contributed by atoms with E-state index in [1.165, 1.54) is 28.6 Å². The number of rotatable bonds is 7. The topological polar surface area (TPSA) is 66.5 Å². The molecule has 0 unspecified atom stereocenters. The lowest BCUT2D eigenvalue weighted by Crippen LogP contribution is -2.37. The summed E-state index contributed by atoms with van der Waals surface area (Å²) >= 11 is 5.92. The molecule has 0 aliphatic heterocycles. The van der Waals surface area contributed by atoms with Crippen LogP contribution in [0.15, 0.2) is 71.6 Å². The van der Waals surface area contributed by atoms with Crippen LogP contribution in [0.5, 0.6) is 0 Å². The molecule has 0 bridgehead atoms. The van der Waals surface area contributed by atoms with Crippen LogP contribution in [0.3, 0.4) is 0 Å². The molecular weight excluding hydrogens is 432 g/mol. The predicted octanol–water partition coefficient (Wildman–Crippen LogP) is 5.09. The van der Waals surface area contributed by atoms with Gasteiger partial charge in [-0.25, -0.2) is 8.42 Å². The van der Waals surface area contributed by atoms with Gasteiger partial charge in [0.15, 0.2) is 0 Å². The van der Waals surface area contributed by atoms with Crippen molar-refractivity contribution < 1.29 is 13.2 Å². The van der Waals surface area contributed by atoms with Crippen LogP contribution in [-0.2, 0) is 21.4 Å². The van der Waals surface area contributed by atoms with Crippen molar-refractivity contribution in [2.24, 2.45) is 0 Å². The number of hydrogen-bond acceptors (Lipinski definition) is 3. The molecule has 0 aromatic heterocycles. The van der Waals surface area contributed by atoms with Crippen LogP contribution in [0.2, 0.25) is 5.02 Å². The first-order valence-electron chi connectivity index (χ1n) is 9.85. The van der Waals surface area contributed by atoms with E-state index in [0.717, 1.165) is 22.3 Å². The normalized spacial score (nSPS) is 11.5. The van der Waals surface area contributed by atoms with Crippen LogP contribution in [0, 0.1) is 20.8 Å². The molecule has 0 aliphatic carbocycles. The van der Waals surface area contributed by atoms with Crippen molar-refractivity contribution in [1.29, 1.82) is 0 Å². The van der Waals surface area contributed by atoms with Gasteiger partial charge in [0.2, 0.25) is 15.9 Å². The third-order valence-electron chi connectivity index (χ3n) is 5.26. The van der Waals surface area contributed by atoms with Crippen molar-refractivity contribution in [2.45, 2.75) is 32.2 Å². The molecule has 7 heteroatoms. The number of amides is 1. The van der Waals surface area contributed by atoms with E-state index in [1.807, 2.05) is 57.2 Å². The van der Waals surface area contributed by atoms with Crippen LogP contribution in [0.4, 0.5) is 5.69 Å². The van der Waals surface area contributed by atoms with Gasteiger partial charge in [-0.1, -0.05) is 48.0 Å². The van der Waals surface area contributed by atoms with Gasteiger partial charge in [0.1, 0.15) is 0 Å². The van der Waals surface area contributed by atoms with Crippen molar-refractivity contribution in [3.05, 3.63) is 94.0 Å². The first kappa shape index (κ1) is 23.0. The predicted molar refractivity (Wildman–Crippen MR) is 125 cm³/mol. The molecule has 31 heavy (non-hydrogen) atoms. The van der Waals surface area contributed by atoms with Gasteiger partial charge in [-0.3, -0.25) is 4.79 Å². The molecule has 0 fully saturated rings. The van der Waals surface area contributed by atoms with Crippen molar-refractivity contribution in [3.63, 3.8) is 0 Å². The number of anilines is 1. The van der Waals surface area contributed by atoms with E-state index in [-0.39, 0.29) is 18.0 Å². The summed E-state index contributed by atoms with van der Waals surface area (Å²) in [5.74, 6) is -0.403. The highest BCUT2D eigenvalue weighted by Crippen LogP contribution is 2.23. The zero-order valence-electron chi connectivity index (χ0n) is 17.7. The molecule has 3 aromatic carbocycles. The SMILES string of the molecule is Cc1ccccc1CN(CC(=O)Nc1cccc(C)c1C)S(=O)(=O)c1ccc(Cl)cc1. The van der Waals surface area contributed by atoms with Crippen LogP contribution < -0.4 is 5.32 Å². The zero-order valence-corrected chi connectivity index (χ0v) is 19.3. The molecular formula is C24H25ClN2O3S. The highest BCUT2D eigenvalue weighted by Gasteiger charge is 2.27. The summed E-state index contributed by atoms with van der Waals surface area (Å²) in [7, 11) is -3.92. The summed E-state index contributed by atoms with van der Waals surface area (Å²) < 4.78 is 27.9. The minimum absolute atomic E-state index is 0.0812. The number of halogens is 1. The van der Waals surface area contributed by atoms with Gasteiger partial charge in [0.25, 0.3) is 0 Å². The number of nitrogens with one attached hydrogen (secondary N) is 1. The third kappa shape index (κ3) is 5.53. The Bertz CT molecular complexity index is 1190. The van der Waals surface area contributed by atoms with Gasteiger partial charge in [-0.2, -0.15) is 4.31 Å². The Kier molecular flexibility index (Phi) is 7.15. The van der Waals surface area contributed by atoms with E-state index in [1.54, 1.807) is 6.07 Å². The van der Waals surface area contributed by atoms with Crippen LogP contribution in [-0.4, -0.2) is 25.2 Å². The molecule has 0 saturated carbocycles. The minimum Gasteiger partial charge on any atom is -0.325 e. The van der Waals surface area contributed by atoms with E-state index >= 15 is 0 Å². The lowest BCUT2D eigenvalue weighted by atomic mass is 10.1. The quantitative estimate of drug-likeness (QED) is 0.538. The third-order valence-corrected chi connectivity index (χ3v) is 7.32. The van der Waals surface area contributed by atoms with E-state index in [9.17, 15) is 13.2 Å². The molecule has 1 N–H and O–H groups in total. The van der Waals surface area contributed by atoms with Crippen LogP contribution in [0.1, 0.15) is 22.3 Å². The Morgan fingerprint density at radius 2 is 1.55 bits per heavy atom. The zero-order chi connectivity index (χ0) is 22.6. The maximum Gasteiger partial charge on any atom is 0.243 e. The van der Waals surface area contributed by atoms with Gasteiger partial charge < -0.3 is 5.32 Å². The smallest absolute Gasteiger partial charge is 0.243 e. The molecule has 0 aliphatic rings. The van der Waals surface area contributed by atoms with Crippen molar-refractivity contribution in [1.82, 2.24) is 4.31 Å². The van der Waals surface area contributed by atoms with Crippen molar-refractivity contribution in [2.75, 3.05) is 11.9 Å². The summed E-state index contributed by atoms with van der Waals surface area (Å²) in [5.41, 5.74) is 4.45. The first-order valence-corrected chi connectivity index (χ1v) is 11.7. The maximum absolute atomic E-state index is 13.4. The standard InChI is InChI=1S/C24H25ClN2O3S/c1-17-8-6-10-23(19(17)3)26-24(28)16-27(15-20-9-5-4-7-18(20)2)31(29,30)22-13-11-21(25)12-14-22/h4-14H,15-16H2,1-3H3,(H,26,28). The number of carbonyl (C=O) groups excluding carboxylic acids is 1.